The number of esters is 1. The summed E-state index contributed by atoms with van der Waals surface area (Å²) in [7, 11) is 0. The maximum Gasteiger partial charge on any atom is 0.325 e. The molecule has 1 aliphatic rings. The van der Waals surface area contributed by atoms with E-state index in [1.807, 2.05) is 63.2 Å². The van der Waals surface area contributed by atoms with Crippen LogP contribution in [0.2, 0.25) is 0 Å². The van der Waals surface area contributed by atoms with Crippen molar-refractivity contribution in [3.05, 3.63) is 72.7 Å². The molecule has 4 aromatic rings. The number of nitrogens with one attached hydrogen (secondary N) is 3. The number of benzene rings is 1. The van der Waals surface area contributed by atoms with Gasteiger partial charge in [-0.3, -0.25) is 4.79 Å². The lowest BCUT2D eigenvalue weighted by Gasteiger charge is -2.34. The molecule has 1 aromatic carbocycles. The molecule has 0 radical (unpaired) electrons. The number of carbonyl (C=O) groups excluding carboxylic acids is 1. The van der Waals surface area contributed by atoms with Gasteiger partial charge in [-0.05, 0) is 68.8 Å². The lowest BCUT2D eigenvalue weighted by Crippen LogP contribution is -2.55. The topological polar surface area (TPSA) is 130 Å². The van der Waals surface area contributed by atoms with Crippen molar-refractivity contribution in [3.63, 3.8) is 0 Å². The molecule has 1 aliphatic heterocycles. The maximum atomic E-state index is 12.5. The molecule has 206 valence electrons. The molecular formula is C29H33N9O2. The van der Waals surface area contributed by atoms with Crippen LogP contribution in [-0.4, -0.2) is 62.7 Å². The number of nitrogens with zero attached hydrogens (tertiary/aromatic N) is 6. The number of rotatable bonds is 9. The highest BCUT2D eigenvalue weighted by Crippen LogP contribution is 2.23. The smallest absolute Gasteiger partial charge is 0.325 e. The molecule has 11 nitrogen and oxygen atoms in total. The SMILES string of the molecule is CC[C@@H](C)OC(=O)C1CN(c2ccc(Nc3nccc(Nc4ccnc(-c5cccc(C)n5)n4)n3)cc2)CCN1. The Kier molecular flexibility index (Phi) is 8.41. The number of carbonyl (C=O) groups is 1. The van der Waals surface area contributed by atoms with Crippen molar-refractivity contribution in [2.24, 2.45) is 0 Å². The number of hydrogen-bond donors (Lipinski definition) is 3. The first-order valence-corrected chi connectivity index (χ1v) is 13.4. The van der Waals surface area contributed by atoms with E-state index in [1.54, 1.807) is 24.5 Å². The van der Waals surface area contributed by atoms with Crippen molar-refractivity contribution >= 4 is 34.9 Å². The summed E-state index contributed by atoms with van der Waals surface area (Å²) in [6.07, 6.45) is 4.08. The summed E-state index contributed by atoms with van der Waals surface area (Å²) in [4.78, 5) is 37.0. The standard InChI is InChI=1S/C29H33N9O2/c1-4-20(3)40-28(39)24-18-38(17-16-30-24)22-10-8-21(9-11-22)34-29-32-15-13-26(37-29)35-25-12-14-31-27(36-25)23-7-5-6-19(2)33-23/h5-15,20,24,30H,4,16-18H2,1-3H3,(H2,31,32,34,35,36,37)/t20-,24?/m1/s1. The highest BCUT2D eigenvalue weighted by atomic mass is 16.5. The summed E-state index contributed by atoms with van der Waals surface area (Å²) in [5, 5.41) is 9.73. The lowest BCUT2D eigenvalue weighted by molar-refractivity contribution is -0.150. The van der Waals surface area contributed by atoms with E-state index in [2.05, 4.69) is 45.8 Å². The van der Waals surface area contributed by atoms with E-state index >= 15 is 0 Å². The van der Waals surface area contributed by atoms with Gasteiger partial charge in [0.2, 0.25) is 5.95 Å². The monoisotopic (exact) mass is 539 g/mol. The van der Waals surface area contributed by atoms with E-state index in [-0.39, 0.29) is 18.1 Å². The van der Waals surface area contributed by atoms with Gasteiger partial charge in [0.15, 0.2) is 5.82 Å². The number of aryl methyl sites for hydroxylation is 1. The molecule has 40 heavy (non-hydrogen) atoms. The van der Waals surface area contributed by atoms with Crippen LogP contribution >= 0.6 is 0 Å². The molecule has 0 saturated carbocycles. The molecule has 0 bridgehead atoms. The molecule has 5 rings (SSSR count). The molecule has 4 heterocycles. The third-order valence-corrected chi connectivity index (χ3v) is 6.53. The van der Waals surface area contributed by atoms with Crippen molar-refractivity contribution < 1.29 is 9.53 Å². The van der Waals surface area contributed by atoms with Crippen LogP contribution in [0.4, 0.5) is 29.0 Å². The average molecular weight is 540 g/mol. The van der Waals surface area contributed by atoms with Crippen molar-refractivity contribution in [2.45, 2.75) is 39.3 Å². The highest BCUT2D eigenvalue weighted by Gasteiger charge is 2.27. The van der Waals surface area contributed by atoms with E-state index in [0.29, 0.717) is 42.2 Å². The number of hydrogen-bond acceptors (Lipinski definition) is 11. The second-order valence-corrected chi connectivity index (χ2v) is 9.60. The van der Waals surface area contributed by atoms with E-state index < -0.39 is 0 Å². The minimum atomic E-state index is -0.344. The van der Waals surface area contributed by atoms with Crippen molar-refractivity contribution in [1.29, 1.82) is 0 Å². The quantitative estimate of drug-likeness (QED) is 0.264. The van der Waals surface area contributed by atoms with Crippen LogP contribution in [0.3, 0.4) is 0 Å². The number of pyridine rings is 1. The molecule has 0 spiro atoms. The lowest BCUT2D eigenvalue weighted by atomic mass is 10.1. The molecule has 3 aromatic heterocycles. The fraction of sp³-hybridized carbons (Fsp3) is 0.310. The Hall–Kier alpha value is -4.64. The fourth-order valence-corrected chi connectivity index (χ4v) is 4.23. The van der Waals surface area contributed by atoms with Gasteiger partial charge in [-0.15, -0.1) is 0 Å². The van der Waals surface area contributed by atoms with Gasteiger partial charge >= 0.3 is 5.97 Å². The van der Waals surface area contributed by atoms with Gasteiger partial charge < -0.3 is 25.6 Å². The number of ether oxygens (including phenoxy) is 1. The molecule has 0 amide bonds. The molecule has 2 atom stereocenters. The predicted molar refractivity (Wildman–Crippen MR) is 155 cm³/mol. The molecule has 11 heteroatoms. The zero-order chi connectivity index (χ0) is 27.9. The Balaban J connectivity index is 1.21. The number of piperazine rings is 1. The van der Waals surface area contributed by atoms with Crippen LogP contribution in [0.25, 0.3) is 11.5 Å². The van der Waals surface area contributed by atoms with E-state index in [4.69, 9.17) is 4.74 Å². The van der Waals surface area contributed by atoms with Crippen molar-refractivity contribution in [1.82, 2.24) is 30.2 Å². The molecular weight excluding hydrogens is 506 g/mol. The molecule has 3 N–H and O–H groups in total. The first kappa shape index (κ1) is 26.9. The van der Waals surface area contributed by atoms with Crippen LogP contribution in [0.1, 0.15) is 26.0 Å². The van der Waals surface area contributed by atoms with Crippen LogP contribution < -0.4 is 20.9 Å². The number of aromatic nitrogens is 5. The fourth-order valence-electron chi connectivity index (χ4n) is 4.23. The van der Waals surface area contributed by atoms with E-state index in [0.717, 1.165) is 30.0 Å². The second-order valence-electron chi connectivity index (χ2n) is 9.60. The van der Waals surface area contributed by atoms with Gasteiger partial charge in [0, 0.05) is 49.1 Å². The first-order chi connectivity index (χ1) is 19.5. The summed E-state index contributed by atoms with van der Waals surface area (Å²) in [6.45, 7) is 7.93. The molecule has 1 unspecified atom stereocenters. The van der Waals surface area contributed by atoms with Crippen LogP contribution in [0.15, 0.2) is 67.0 Å². The largest absolute Gasteiger partial charge is 0.461 e. The normalized spacial score (nSPS) is 15.8. The summed E-state index contributed by atoms with van der Waals surface area (Å²) in [5.74, 6) is 1.97. The van der Waals surface area contributed by atoms with E-state index in [1.165, 1.54) is 0 Å². The Morgan fingerprint density at radius 1 is 1.02 bits per heavy atom. The minimum absolute atomic E-state index is 0.0830. The van der Waals surface area contributed by atoms with Crippen molar-refractivity contribution in [3.8, 4) is 11.5 Å². The molecule has 1 saturated heterocycles. The van der Waals surface area contributed by atoms with Crippen LogP contribution in [-0.2, 0) is 9.53 Å². The Labute approximate surface area is 233 Å². The second kappa shape index (κ2) is 12.5. The maximum absolute atomic E-state index is 12.5. The van der Waals surface area contributed by atoms with Crippen LogP contribution in [0.5, 0.6) is 0 Å². The minimum Gasteiger partial charge on any atom is -0.461 e. The van der Waals surface area contributed by atoms with Gasteiger partial charge in [-0.1, -0.05) is 13.0 Å². The summed E-state index contributed by atoms with van der Waals surface area (Å²) in [5.41, 5.74) is 3.49. The van der Waals surface area contributed by atoms with Gasteiger partial charge in [0.25, 0.3) is 0 Å². The van der Waals surface area contributed by atoms with Crippen LogP contribution in [0, 0.1) is 6.92 Å². The third kappa shape index (κ3) is 6.86. The van der Waals surface area contributed by atoms with Crippen molar-refractivity contribution in [2.75, 3.05) is 35.2 Å². The number of anilines is 5. The van der Waals surface area contributed by atoms with Gasteiger partial charge in [0.05, 0.1) is 6.10 Å². The van der Waals surface area contributed by atoms with E-state index in [9.17, 15) is 4.79 Å². The van der Waals surface area contributed by atoms with Gasteiger partial charge in [-0.2, -0.15) is 4.98 Å². The first-order valence-electron chi connectivity index (χ1n) is 13.4. The Morgan fingerprint density at radius 3 is 2.58 bits per heavy atom. The third-order valence-electron chi connectivity index (χ3n) is 6.53. The zero-order valence-corrected chi connectivity index (χ0v) is 22.8. The summed E-state index contributed by atoms with van der Waals surface area (Å²) >= 11 is 0. The molecule has 1 fully saturated rings. The molecule has 0 aliphatic carbocycles. The summed E-state index contributed by atoms with van der Waals surface area (Å²) in [6, 6.07) is 16.9. The Morgan fingerprint density at radius 2 is 1.80 bits per heavy atom. The Bertz CT molecular complexity index is 1450. The highest BCUT2D eigenvalue weighted by molar-refractivity contribution is 5.77. The zero-order valence-electron chi connectivity index (χ0n) is 22.8. The summed E-state index contributed by atoms with van der Waals surface area (Å²) < 4.78 is 5.52. The predicted octanol–water partition coefficient (Wildman–Crippen LogP) is 4.24. The van der Waals surface area contributed by atoms with Gasteiger partial charge in [-0.25, -0.2) is 19.9 Å². The van der Waals surface area contributed by atoms with Gasteiger partial charge in [0.1, 0.15) is 23.4 Å². The average Bonchev–Trinajstić information content (AvgIpc) is 2.98.